The van der Waals surface area contributed by atoms with Gasteiger partial charge in [0.1, 0.15) is 17.3 Å². The molecular formula is C19H21N3O3. The highest BCUT2D eigenvalue weighted by atomic mass is 16.7. The molecule has 1 heterocycles. The number of nitrogens with zero attached hydrogens (tertiary/aromatic N) is 2. The van der Waals surface area contributed by atoms with Crippen molar-refractivity contribution in [2.45, 2.75) is 12.6 Å². The zero-order valence-electron chi connectivity index (χ0n) is 14.3. The van der Waals surface area contributed by atoms with E-state index in [9.17, 15) is 0 Å². The van der Waals surface area contributed by atoms with Crippen LogP contribution in [0.25, 0.3) is 0 Å². The number of ether oxygens (including phenoxy) is 2. The molecule has 1 aliphatic rings. The number of hydrogen-bond donors (Lipinski definition) is 1. The number of hydroxylamine groups is 1. The van der Waals surface area contributed by atoms with Gasteiger partial charge in [0.15, 0.2) is 0 Å². The minimum absolute atomic E-state index is 0.327. The van der Waals surface area contributed by atoms with Crippen molar-refractivity contribution in [3.8, 4) is 11.5 Å². The molecule has 0 aromatic heterocycles. The summed E-state index contributed by atoms with van der Waals surface area (Å²) in [5, 5.41) is 0. The van der Waals surface area contributed by atoms with Crippen LogP contribution in [0, 0.1) is 0 Å². The summed E-state index contributed by atoms with van der Waals surface area (Å²) in [6.07, 6.45) is 2.21. The van der Waals surface area contributed by atoms with Gasteiger partial charge in [0.2, 0.25) is 6.23 Å². The Morgan fingerprint density at radius 3 is 2.32 bits per heavy atom. The van der Waals surface area contributed by atoms with Crippen molar-refractivity contribution in [3.05, 3.63) is 59.7 Å². The molecule has 0 fully saturated rings. The Bertz CT molecular complexity index is 740. The number of aliphatic imine (C=N–C) groups is 2. The molecule has 6 nitrogen and oxygen atoms in total. The summed E-state index contributed by atoms with van der Waals surface area (Å²) in [5.74, 6) is 2.45. The Balaban J connectivity index is 1.50. The predicted molar refractivity (Wildman–Crippen MR) is 97.5 cm³/mol. The van der Waals surface area contributed by atoms with Crippen LogP contribution in [0.1, 0.15) is 23.8 Å². The van der Waals surface area contributed by atoms with Gasteiger partial charge >= 0.3 is 0 Å². The van der Waals surface area contributed by atoms with Gasteiger partial charge in [-0.3, -0.25) is 10.5 Å². The number of benzene rings is 2. The molecule has 0 radical (unpaired) electrons. The van der Waals surface area contributed by atoms with Crippen LogP contribution in [-0.2, 0) is 4.84 Å². The molecule has 0 spiro atoms. The zero-order chi connectivity index (χ0) is 17.5. The van der Waals surface area contributed by atoms with Crippen molar-refractivity contribution in [2.75, 3.05) is 20.8 Å². The molecule has 0 bridgehead atoms. The molecule has 0 saturated heterocycles. The van der Waals surface area contributed by atoms with Gasteiger partial charge < -0.3 is 9.47 Å². The van der Waals surface area contributed by atoms with Gasteiger partial charge in [0.25, 0.3) is 0 Å². The number of methoxy groups -OCH3 is 2. The Hall–Kier alpha value is -2.86. The van der Waals surface area contributed by atoms with Crippen molar-refractivity contribution in [2.24, 2.45) is 9.98 Å². The van der Waals surface area contributed by atoms with Crippen LogP contribution < -0.4 is 15.0 Å². The monoisotopic (exact) mass is 339 g/mol. The molecule has 2 aromatic rings. The minimum atomic E-state index is -0.327. The summed E-state index contributed by atoms with van der Waals surface area (Å²) < 4.78 is 10.3. The summed E-state index contributed by atoms with van der Waals surface area (Å²) in [7, 11) is 3.30. The topological polar surface area (TPSA) is 64.4 Å². The highest BCUT2D eigenvalue weighted by Gasteiger charge is 2.19. The molecule has 1 aliphatic heterocycles. The van der Waals surface area contributed by atoms with Crippen LogP contribution in [0.3, 0.4) is 0 Å². The van der Waals surface area contributed by atoms with Gasteiger partial charge in [-0.1, -0.05) is 12.1 Å². The SMILES string of the molecule is COc1ccc(C=NCCC2=NC(c3ccc(OC)cc3)ON2)cc1. The van der Waals surface area contributed by atoms with Gasteiger partial charge in [-0.05, 0) is 42.0 Å². The van der Waals surface area contributed by atoms with E-state index >= 15 is 0 Å². The quantitative estimate of drug-likeness (QED) is 0.787. The average molecular weight is 339 g/mol. The van der Waals surface area contributed by atoms with E-state index in [2.05, 4.69) is 15.5 Å². The minimum Gasteiger partial charge on any atom is -0.497 e. The molecule has 25 heavy (non-hydrogen) atoms. The predicted octanol–water partition coefficient (Wildman–Crippen LogP) is 3.14. The molecule has 1 unspecified atom stereocenters. The summed E-state index contributed by atoms with van der Waals surface area (Å²) in [6, 6.07) is 15.4. The third-order valence-corrected chi connectivity index (χ3v) is 3.80. The first-order valence-corrected chi connectivity index (χ1v) is 8.04. The number of hydrogen-bond acceptors (Lipinski definition) is 6. The maximum Gasteiger partial charge on any atom is 0.202 e. The van der Waals surface area contributed by atoms with Gasteiger partial charge in [-0.15, -0.1) is 0 Å². The molecule has 2 aromatic carbocycles. The number of rotatable bonds is 7. The first-order chi connectivity index (χ1) is 12.3. The fourth-order valence-electron chi connectivity index (χ4n) is 2.38. The van der Waals surface area contributed by atoms with Crippen molar-refractivity contribution in [1.29, 1.82) is 0 Å². The molecule has 0 aliphatic carbocycles. The fourth-order valence-corrected chi connectivity index (χ4v) is 2.38. The fraction of sp³-hybridized carbons (Fsp3) is 0.263. The molecular weight excluding hydrogens is 318 g/mol. The Morgan fingerprint density at radius 1 is 1.04 bits per heavy atom. The number of nitrogens with one attached hydrogen (secondary N) is 1. The van der Waals surface area contributed by atoms with E-state index in [4.69, 9.17) is 14.3 Å². The van der Waals surface area contributed by atoms with Crippen LogP contribution in [0.2, 0.25) is 0 Å². The highest BCUT2D eigenvalue weighted by molar-refractivity contribution is 5.83. The summed E-state index contributed by atoms with van der Waals surface area (Å²) in [5.41, 5.74) is 4.89. The third kappa shape index (κ3) is 4.58. The lowest BCUT2D eigenvalue weighted by molar-refractivity contribution is 0.0370. The summed E-state index contributed by atoms with van der Waals surface area (Å²) >= 11 is 0. The van der Waals surface area contributed by atoms with Crippen LogP contribution in [0.4, 0.5) is 0 Å². The maximum atomic E-state index is 5.51. The average Bonchev–Trinajstić information content (AvgIpc) is 3.15. The van der Waals surface area contributed by atoms with Crippen LogP contribution in [-0.4, -0.2) is 32.8 Å². The molecule has 0 amide bonds. The van der Waals surface area contributed by atoms with Gasteiger partial charge in [-0.2, -0.15) is 0 Å². The highest BCUT2D eigenvalue weighted by Crippen LogP contribution is 2.24. The molecule has 6 heteroatoms. The van der Waals surface area contributed by atoms with E-state index in [1.807, 2.05) is 54.7 Å². The van der Waals surface area contributed by atoms with Crippen LogP contribution in [0.5, 0.6) is 11.5 Å². The third-order valence-electron chi connectivity index (χ3n) is 3.80. The summed E-state index contributed by atoms with van der Waals surface area (Å²) in [6.45, 7) is 0.635. The van der Waals surface area contributed by atoms with Crippen molar-refractivity contribution < 1.29 is 14.3 Å². The van der Waals surface area contributed by atoms with Crippen molar-refractivity contribution >= 4 is 12.1 Å². The number of amidine groups is 1. The molecule has 1 atom stereocenters. The second-order valence-corrected chi connectivity index (χ2v) is 5.48. The second kappa shape index (κ2) is 8.30. The standard InChI is InChI=1S/C19H21N3O3/c1-23-16-7-3-14(4-8-16)13-20-12-11-18-21-19(25-22-18)15-5-9-17(24-2)10-6-15/h3-10,13,19H,11-12H2,1-2H3,(H,21,22). The van der Waals surface area contributed by atoms with Crippen molar-refractivity contribution in [3.63, 3.8) is 0 Å². The normalized spacial score (nSPS) is 16.6. The van der Waals surface area contributed by atoms with E-state index in [1.54, 1.807) is 14.2 Å². The molecule has 130 valence electrons. The lowest BCUT2D eigenvalue weighted by Crippen LogP contribution is -2.17. The van der Waals surface area contributed by atoms with E-state index in [0.29, 0.717) is 13.0 Å². The summed E-state index contributed by atoms with van der Waals surface area (Å²) in [4.78, 5) is 14.5. The van der Waals surface area contributed by atoms with Gasteiger partial charge in [0.05, 0.1) is 14.2 Å². The first-order valence-electron chi connectivity index (χ1n) is 8.04. The lowest BCUT2D eigenvalue weighted by atomic mass is 10.2. The van der Waals surface area contributed by atoms with Crippen molar-refractivity contribution in [1.82, 2.24) is 5.48 Å². The van der Waals surface area contributed by atoms with E-state index in [1.165, 1.54) is 0 Å². The molecule has 0 saturated carbocycles. The molecule has 1 N–H and O–H groups in total. The van der Waals surface area contributed by atoms with Crippen LogP contribution >= 0.6 is 0 Å². The zero-order valence-corrected chi connectivity index (χ0v) is 14.3. The van der Waals surface area contributed by atoms with E-state index in [-0.39, 0.29) is 6.23 Å². The lowest BCUT2D eigenvalue weighted by Gasteiger charge is -2.06. The smallest absolute Gasteiger partial charge is 0.202 e. The van der Waals surface area contributed by atoms with E-state index in [0.717, 1.165) is 28.5 Å². The molecule has 3 rings (SSSR count). The first kappa shape index (κ1) is 17.0. The Labute approximate surface area is 147 Å². The van der Waals surface area contributed by atoms with Crippen LogP contribution in [0.15, 0.2) is 58.5 Å². The maximum absolute atomic E-state index is 5.51. The van der Waals surface area contributed by atoms with Gasteiger partial charge in [-0.25, -0.2) is 9.83 Å². The Morgan fingerprint density at radius 2 is 1.68 bits per heavy atom. The Kier molecular flexibility index (Phi) is 5.64. The largest absolute Gasteiger partial charge is 0.497 e. The van der Waals surface area contributed by atoms with Gasteiger partial charge in [0, 0.05) is 24.7 Å². The van der Waals surface area contributed by atoms with E-state index < -0.39 is 0 Å². The second-order valence-electron chi connectivity index (χ2n) is 5.48.